The second-order valence-electron chi connectivity index (χ2n) is 3.98. The van der Waals surface area contributed by atoms with Gasteiger partial charge in [-0.2, -0.15) is 0 Å². The predicted octanol–water partition coefficient (Wildman–Crippen LogP) is 4.84. The summed E-state index contributed by atoms with van der Waals surface area (Å²) in [6.07, 6.45) is 0.448. The van der Waals surface area contributed by atoms with E-state index in [4.69, 9.17) is 11.6 Å². The molecule has 0 aliphatic carbocycles. The van der Waals surface area contributed by atoms with Crippen molar-refractivity contribution in [1.29, 1.82) is 0 Å². The van der Waals surface area contributed by atoms with Gasteiger partial charge in [0.05, 0.1) is 0 Å². The lowest BCUT2D eigenvalue weighted by Gasteiger charge is -2.02. The molecule has 1 nitrogen and oxygen atoms in total. The Kier molecular flexibility index (Phi) is 5.00. The van der Waals surface area contributed by atoms with Crippen LogP contribution in [0.25, 0.3) is 0 Å². The van der Waals surface area contributed by atoms with E-state index in [1.54, 1.807) is 48.2 Å². The van der Waals surface area contributed by atoms with Gasteiger partial charge in [0, 0.05) is 27.7 Å². The lowest BCUT2D eigenvalue weighted by Crippen LogP contribution is -2.00. The van der Waals surface area contributed by atoms with Crippen LogP contribution in [0.3, 0.4) is 0 Å². The SMILES string of the molecule is O=C(CCSc1ccc(F)cc1)c1ccc(Cl)cc1. The second-order valence-corrected chi connectivity index (χ2v) is 5.59. The third kappa shape index (κ3) is 4.37. The molecule has 0 atom stereocenters. The lowest BCUT2D eigenvalue weighted by molar-refractivity contribution is 0.0989. The molecule has 0 saturated heterocycles. The Morgan fingerprint density at radius 2 is 1.68 bits per heavy atom. The molecule has 0 fully saturated rings. The van der Waals surface area contributed by atoms with Crippen LogP contribution in [0.5, 0.6) is 0 Å². The molecule has 0 N–H and O–H groups in total. The van der Waals surface area contributed by atoms with Gasteiger partial charge in [0.25, 0.3) is 0 Å². The van der Waals surface area contributed by atoms with Gasteiger partial charge in [0.2, 0.25) is 0 Å². The van der Waals surface area contributed by atoms with E-state index in [1.165, 1.54) is 12.1 Å². The quantitative estimate of drug-likeness (QED) is 0.579. The highest BCUT2D eigenvalue weighted by atomic mass is 35.5. The number of Topliss-reactive ketones (excluding diaryl/α,β-unsaturated/α-hetero) is 1. The molecule has 0 amide bonds. The molecule has 98 valence electrons. The van der Waals surface area contributed by atoms with Gasteiger partial charge < -0.3 is 0 Å². The van der Waals surface area contributed by atoms with Crippen molar-refractivity contribution in [2.24, 2.45) is 0 Å². The smallest absolute Gasteiger partial charge is 0.163 e. The molecule has 19 heavy (non-hydrogen) atoms. The van der Waals surface area contributed by atoms with Crippen molar-refractivity contribution < 1.29 is 9.18 Å². The summed E-state index contributed by atoms with van der Waals surface area (Å²) in [5.41, 5.74) is 0.670. The van der Waals surface area contributed by atoms with Crippen LogP contribution in [0, 0.1) is 5.82 Å². The fraction of sp³-hybridized carbons (Fsp3) is 0.133. The first-order valence-electron chi connectivity index (χ1n) is 5.82. The Bertz CT molecular complexity index is 551. The van der Waals surface area contributed by atoms with E-state index in [9.17, 15) is 9.18 Å². The van der Waals surface area contributed by atoms with Crippen molar-refractivity contribution in [3.63, 3.8) is 0 Å². The molecule has 0 aromatic heterocycles. The number of thioether (sulfide) groups is 1. The summed E-state index contributed by atoms with van der Waals surface area (Å²) in [6.45, 7) is 0. The first-order valence-corrected chi connectivity index (χ1v) is 7.18. The van der Waals surface area contributed by atoms with Crippen molar-refractivity contribution in [1.82, 2.24) is 0 Å². The molecular weight excluding hydrogens is 283 g/mol. The van der Waals surface area contributed by atoms with Gasteiger partial charge in [-0.25, -0.2) is 4.39 Å². The average molecular weight is 295 g/mol. The van der Waals surface area contributed by atoms with Crippen LogP contribution < -0.4 is 0 Å². The van der Waals surface area contributed by atoms with Crippen molar-refractivity contribution in [3.05, 3.63) is 64.9 Å². The third-order valence-electron chi connectivity index (χ3n) is 2.58. The van der Waals surface area contributed by atoms with Gasteiger partial charge in [0.1, 0.15) is 5.82 Å². The van der Waals surface area contributed by atoms with Gasteiger partial charge in [-0.15, -0.1) is 11.8 Å². The zero-order chi connectivity index (χ0) is 13.7. The van der Waals surface area contributed by atoms with Crippen molar-refractivity contribution >= 4 is 29.1 Å². The van der Waals surface area contributed by atoms with Crippen molar-refractivity contribution in [2.75, 3.05) is 5.75 Å². The average Bonchev–Trinajstić information content (AvgIpc) is 2.41. The summed E-state index contributed by atoms with van der Waals surface area (Å²) >= 11 is 7.31. The number of carbonyl (C=O) groups is 1. The molecule has 2 rings (SSSR count). The highest BCUT2D eigenvalue weighted by Crippen LogP contribution is 2.20. The molecule has 0 bridgehead atoms. The predicted molar refractivity (Wildman–Crippen MR) is 77.5 cm³/mol. The molecule has 0 aliphatic heterocycles. The Morgan fingerprint density at radius 3 is 2.32 bits per heavy atom. The second kappa shape index (κ2) is 6.73. The molecule has 4 heteroatoms. The Morgan fingerprint density at radius 1 is 1.05 bits per heavy atom. The number of hydrogen-bond acceptors (Lipinski definition) is 2. The van der Waals surface area contributed by atoms with Crippen molar-refractivity contribution in [2.45, 2.75) is 11.3 Å². The number of rotatable bonds is 5. The number of halogens is 2. The number of ketones is 1. The van der Waals surface area contributed by atoms with E-state index in [0.717, 1.165) is 4.90 Å². The minimum atomic E-state index is -0.249. The van der Waals surface area contributed by atoms with Crippen LogP contribution in [0.1, 0.15) is 16.8 Å². The van der Waals surface area contributed by atoms with E-state index in [-0.39, 0.29) is 11.6 Å². The molecule has 0 heterocycles. The summed E-state index contributed by atoms with van der Waals surface area (Å²) in [5.74, 6) is 0.514. The van der Waals surface area contributed by atoms with Crippen molar-refractivity contribution in [3.8, 4) is 0 Å². The van der Waals surface area contributed by atoms with Gasteiger partial charge in [-0.3, -0.25) is 4.79 Å². The van der Waals surface area contributed by atoms with Crippen LogP contribution in [-0.4, -0.2) is 11.5 Å². The van der Waals surface area contributed by atoms with E-state index in [2.05, 4.69) is 0 Å². The fourth-order valence-corrected chi connectivity index (χ4v) is 2.55. The Balaban J connectivity index is 1.84. The molecule has 0 saturated carbocycles. The van der Waals surface area contributed by atoms with Gasteiger partial charge in [0.15, 0.2) is 5.78 Å². The molecule has 2 aromatic rings. The number of carbonyl (C=O) groups excluding carboxylic acids is 1. The highest BCUT2D eigenvalue weighted by Gasteiger charge is 2.05. The molecule has 0 unspecified atom stereocenters. The van der Waals surface area contributed by atoms with Gasteiger partial charge in [-0.05, 0) is 48.5 Å². The minimum Gasteiger partial charge on any atom is -0.294 e. The first-order chi connectivity index (χ1) is 9.15. The monoisotopic (exact) mass is 294 g/mol. The zero-order valence-corrected chi connectivity index (χ0v) is 11.7. The molecular formula is C15H12ClFOS. The molecule has 0 aliphatic rings. The van der Waals surface area contributed by atoms with E-state index < -0.39 is 0 Å². The van der Waals surface area contributed by atoms with Crippen LogP contribution in [0.15, 0.2) is 53.4 Å². The van der Waals surface area contributed by atoms with Crippen LogP contribution >= 0.6 is 23.4 Å². The maximum atomic E-state index is 12.7. The minimum absolute atomic E-state index is 0.0891. The normalized spacial score (nSPS) is 10.4. The van der Waals surface area contributed by atoms with Crippen LogP contribution in [-0.2, 0) is 0 Å². The molecule has 0 radical (unpaired) electrons. The van der Waals surface area contributed by atoms with E-state index in [0.29, 0.717) is 22.8 Å². The topological polar surface area (TPSA) is 17.1 Å². The summed E-state index contributed by atoms with van der Waals surface area (Å²) in [7, 11) is 0. The highest BCUT2D eigenvalue weighted by molar-refractivity contribution is 7.99. The Labute approximate surface area is 120 Å². The van der Waals surface area contributed by atoms with Gasteiger partial charge >= 0.3 is 0 Å². The third-order valence-corrected chi connectivity index (χ3v) is 3.84. The van der Waals surface area contributed by atoms with Gasteiger partial charge in [-0.1, -0.05) is 11.6 Å². The van der Waals surface area contributed by atoms with Crippen LogP contribution in [0.2, 0.25) is 5.02 Å². The maximum Gasteiger partial charge on any atom is 0.163 e. The summed E-state index contributed by atoms with van der Waals surface area (Å²) in [5, 5.41) is 0.622. The fourth-order valence-electron chi connectivity index (χ4n) is 1.57. The summed E-state index contributed by atoms with van der Waals surface area (Å²) in [6, 6.07) is 13.1. The lowest BCUT2D eigenvalue weighted by atomic mass is 10.1. The summed E-state index contributed by atoms with van der Waals surface area (Å²) < 4.78 is 12.7. The molecule has 2 aromatic carbocycles. The van der Waals surface area contributed by atoms with Crippen LogP contribution in [0.4, 0.5) is 4.39 Å². The summed E-state index contributed by atoms with van der Waals surface area (Å²) in [4.78, 5) is 12.8. The largest absolute Gasteiger partial charge is 0.294 e. The number of benzene rings is 2. The van der Waals surface area contributed by atoms with E-state index >= 15 is 0 Å². The number of hydrogen-bond donors (Lipinski definition) is 0. The maximum absolute atomic E-state index is 12.7. The Hall–Kier alpha value is -1.32. The zero-order valence-electron chi connectivity index (χ0n) is 10.1. The standard InChI is InChI=1S/C15H12ClFOS/c16-12-3-1-11(2-4-12)15(18)9-10-19-14-7-5-13(17)6-8-14/h1-8H,9-10H2. The first kappa shape index (κ1) is 14.1. The molecule has 0 spiro atoms. The van der Waals surface area contributed by atoms with E-state index in [1.807, 2.05) is 0 Å².